The molecule has 0 aliphatic rings. The molecule has 0 fully saturated rings. The molecule has 1 heterocycles. The van der Waals surface area contributed by atoms with Gasteiger partial charge in [0.1, 0.15) is 17.4 Å². The van der Waals surface area contributed by atoms with Crippen molar-refractivity contribution in [3.8, 4) is 5.75 Å². The maximum Gasteiger partial charge on any atom is 0.256 e. The van der Waals surface area contributed by atoms with Gasteiger partial charge in [0.25, 0.3) is 5.91 Å². The minimum absolute atomic E-state index is 0.300. The van der Waals surface area contributed by atoms with Gasteiger partial charge in [0, 0.05) is 16.8 Å². The van der Waals surface area contributed by atoms with Crippen LogP contribution in [0.25, 0.3) is 0 Å². The summed E-state index contributed by atoms with van der Waals surface area (Å²) < 4.78 is 8.38. The lowest BCUT2D eigenvalue weighted by atomic mass is 10.1. The van der Waals surface area contributed by atoms with Gasteiger partial charge in [-0.2, -0.15) is 5.10 Å². The molecule has 3 aromatic carbocycles. The fraction of sp³-hybridized carbons (Fsp3) is 0.0833. The Morgan fingerprint density at radius 2 is 1.78 bits per heavy atom. The van der Waals surface area contributed by atoms with Gasteiger partial charge in [-0.15, -0.1) is 0 Å². The highest BCUT2D eigenvalue weighted by atomic mass is 79.9. The van der Waals surface area contributed by atoms with Gasteiger partial charge in [-0.25, -0.2) is 0 Å². The van der Waals surface area contributed by atoms with Crippen molar-refractivity contribution < 1.29 is 9.53 Å². The fourth-order valence-corrected chi connectivity index (χ4v) is 3.77. The molecule has 1 aromatic heterocycles. The zero-order valence-corrected chi connectivity index (χ0v) is 19.9. The van der Waals surface area contributed by atoms with Gasteiger partial charge in [-0.05, 0) is 63.5 Å². The Balaban J connectivity index is 1.41. The van der Waals surface area contributed by atoms with Crippen molar-refractivity contribution in [1.29, 1.82) is 0 Å². The molecule has 4 rings (SSSR count). The van der Waals surface area contributed by atoms with Crippen LogP contribution in [0.3, 0.4) is 0 Å². The lowest BCUT2D eigenvalue weighted by Crippen LogP contribution is -2.13. The van der Waals surface area contributed by atoms with Gasteiger partial charge in [0.05, 0.1) is 11.0 Å². The average Bonchev–Trinajstić information content (AvgIpc) is 3.13. The standard InChI is InChI=1S/C24H18BrCl2N3O2/c25-20-6-1-2-7-22(20)32-15-17-4-3-5-18(12-17)24(31)28-23-21(27)14-30(29-23)13-16-8-10-19(26)11-9-16/h1-12,14H,13,15H2,(H,28,29,31). The number of nitrogens with zero attached hydrogens (tertiary/aromatic N) is 2. The summed E-state index contributed by atoms with van der Waals surface area (Å²) in [6, 6.07) is 22.3. The van der Waals surface area contributed by atoms with Crippen LogP contribution in [0, 0.1) is 0 Å². The molecule has 0 saturated heterocycles. The van der Waals surface area contributed by atoms with Crippen molar-refractivity contribution in [1.82, 2.24) is 9.78 Å². The number of para-hydroxylation sites is 1. The molecule has 0 spiro atoms. The molecule has 4 aromatic rings. The average molecular weight is 531 g/mol. The molecule has 162 valence electrons. The summed E-state index contributed by atoms with van der Waals surface area (Å²) in [5.41, 5.74) is 2.37. The SMILES string of the molecule is O=C(Nc1nn(Cc2ccc(Cl)cc2)cc1Cl)c1cccc(COc2ccccc2Br)c1. The van der Waals surface area contributed by atoms with E-state index in [1.807, 2.05) is 60.7 Å². The van der Waals surface area contributed by atoms with Crippen LogP contribution in [0.15, 0.2) is 83.5 Å². The summed E-state index contributed by atoms with van der Waals surface area (Å²) in [7, 11) is 0. The first-order chi connectivity index (χ1) is 15.5. The van der Waals surface area contributed by atoms with E-state index < -0.39 is 0 Å². The summed E-state index contributed by atoms with van der Waals surface area (Å²) in [4.78, 5) is 12.8. The number of amides is 1. The van der Waals surface area contributed by atoms with Crippen LogP contribution < -0.4 is 10.1 Å². The Morgan fingerprint density at radius 3 is 2.56 bits per heavy atom. The molecule has 0 saturated carbocycles. The highest BCUT2D eigenvalue weighted by molar-refractivity contribution is 9.10. The van der Waals surface area contributed by atoms with Crippen molar-refractivity contribution in [2.75, 3.05) is 5.32 Å². The largest absolute Gasteiger partial charge is 0.488 e. The van der Waals surface area contributed by atoms with Crippen molar-refractivity contribution >= 4 is 50.9 Å². The van der Waals surface area contributed by atoms with Gasteiger partial charge in [-0.3, -0.25) is 9.48 Å². The Labute approximate surface area is 204 Å². The lowest BCUT2D eigenvalue weighted by molar-refractivity contribution is 0.102. The second-order valence-corrected chi connectivity index (χ2v) is 8.72. The number of halogens is 3. The zero-order valence-electron chi connectivity index (χ0n) is 16.8. The number of hydrogen-bond donors (Lipinski definition) is 1. The number of carbonyl (C=O) groups excluding carboxylic acids is 1. The highest BCUT2D eigenvalue weighted by Gasteiger charge is 2.13. The van der Waals surface area contributed by atoms with Gasteiger partial charge in [-0.1, -0.05) is 59.6 Å². The van der Waals surface area contributed by atoms with Gasteiger partial charge >= 0.3 is 0 Å². The number of ether oxygens (including phenoxy) is 1. The van der Waals surface area contributed by atoms with Crippen LogP contribution in [0.5, 0.6) is 5.75 Å². The first-order valence-electron chi connectivity index (χ1n) is 9.73. The van der Waals surface area contributed by atoms with Gasteiger partial charge in [0.2, 0.25) is 0 Å². The van der Waals surface area contributed by atoms with Crippen LogP contribution in [0.1, 0.15) is 21.5 Å². The number of anilines is 1. The number of hydrogen-bond acceptors (Lipinski definition) is 3. The monoisotopic (exact) mass is 529 g/mol. The summed E-state index contributed by atoms with van der Waals surface area (Å²) in [6.07, 6.45) is 1.67. The van der Waals surface area contributed by atoms with Crippen molar-refractivity contribution in [3.05, 3.63) is 110 Å². The Morgan fingerprint density at radius 1 is 1.00 bits per heavy atom. The third kappa shape index (κ3) is 5.71. The van der Waals surface area contributed by atoms with Crippen LogP contribution in [-0.2, 0) is 13.2 Å². The minimum Gasteiger partial charge on any atom is -0.488 e. The Kier molecular flexibility index (Phi) is 7.15. The van der Waals surface area contributed by atoms with E-state index in [9.17, 15) is 4.79 Å². The van der Waals surface area contributed by atoms with Gasteiger partial charge < -0.3 is 10.1 Å². The quantitative estimate of drug-likeness (QED) is 0.285. The molecular formula is C24H18BrCl2N3O2. The molecule has 1 N–H and O–H groups in total. The summed E-state index contributed by atoms with van der Waals surface area (Å²) in [5.74, 6) is 0.743. The third-order valence-corrected chi connectivity index (χ3v) is 5.81. The normalized spacial score (nSPS) is 10.7. The fourth-order valence-electron chi connectivity index (χ4n) is 3.04. The van der Waals surface area contributed by atoms with Crippen molar-refractivity contribution in [3.63, 3.8) is 0 Å². The van der Waals surface area contributed by atoms with E-state index in [0.29, 0.717) is 34.6 Å². The molecule has 0 bridgehead atoms. The van der Waals surface area contributed by atoms with E-state index in [0.717, 1.165) is 21.3 Å². The molecule has 5 nitrogen and oxygen atoms in total. The maximum absolute atomic E-state index is 12.8. The first kappa shape index (κ1) is 22.4. The van der Waals surface area contributed by atoms with E-state index in [2.05, 4.69) is 26.3 Å². The lowest BCUT2D eigenvalue weighted by Gasteiger charge is -2.09. The number of carbonyl (C=O) groups is 1. The topological polar surface area (TPSA) is 56.2 Å². The van der Waals surface area contributed by atoms with Crippen molar-refractivity contribution in [2.45, 2.75) is 13.2 Å². The second kappa shape index (κ2) is 10.2. The van der Waals surface area contributed by atoms with E-state index in [1.54, 1.807) is 23.0 Å². The number of nitrogens with one attached hydrogen (secondary N) is 1. The molecule has 1 amide bonds. The molecule has 0 radical (unpaired) electrons. The highest BCUT2D eigenvalue weighted by Crippen LogP contribution is 2.25. The number of rotatable bonds is 7. The van der Waals surface area contributed by atoms with Crippen molar-refractivity contribution in [2.24, 2.45) is 0 Å². The summed E-state index contributed by atoms with van der Waals surface area (Å²) in [5, 5.41) is 8.20. The van der Waals surface area contributed by atoms with Crippen LogP contribution in [-0.4, -0.2) is 15.7 Å². The minimum atomic E-state index is -0.300. The number of aromatic nitrogens is 2. The van der Waals surface area contributed by atoms with Crippen LogP contribution >= 0.6 is 39.1 Å². The predicted octanol–water partition coefficient (Wildman–Crippen LogP) is 6.83. The van der Waals surface area contributed by atoms with Gasteiger partial charge in [0.15, 0.2) is 5.82 Å². The summed E-state index contributed by atoms with van der Waals surface area (Å²) in [6.45, 7) is 0.842. The predicted molar refractivity (Wildman–Crippen MR) is 131 cm³/mol. The molecule has 0 aliphatic heterocycles. The molecule has 0 unspecified atom stereocenters. The van der Waals surface area contributed by atoms with E-state index in [4.69, 9.17) is 27.9 Å². The van der Waals surface area contributed by atoms with E-state index in [1.165, 1.54) is 0 Å². The molecule has 32 heavy (non-hydrogen) atoms. The Hall–Kier alpha value is -2.80. The van der Waals surface area contributed by atoms with E-state index >= 15 is 0 Å². The maximum atomic E-state index is 12.8. The van der Waals surface area contributed by atoms with Crippen LogP contribution in [0.2, 0.25) is 10.0 Å². The molecule has 8 heteroatoms. The van der Waals surface area contributed by atoms with Crippen LogP contribution in [0.4, 0.5) is 5.82 Å². The smallest absolute Gasteiger partial charge is 0.256 e. The summed E-state index contributed by atoms with van der Waals surface area (Å²) >= 11 is 15.7. The molecule has 0 aliphatic carbocycles. The Bertz CT molecular complexity index is 1240. The van der Waals surface area contributed by atoms with E-state index in [-0.39, 0.29) is 5.91 Å². The third-order valence-electron chi connectivity index (χ3n) is 4.63. The molecule has 0 atom stereocenters. The second-order valence-electron chi connectivity index (χ2n) is 7.02. The zero-order chi connectivity index (χ0) is 22.5. The number of benzene rings is 3. The first-order valence-corrected chi connectivity index (χ1v) is 11.3. The molecular weight excluding hydrogens is 513 g/mol.